The summed E-state index contributed by atoms with van der Waals surface area (Å²) in [5.41, 5.74) is 4.11. The van der Waals surface area contributed by atoms with Gasteiger partial charge in [0.1, 0.15) is 5.92 Å². The first-order valence-corrected chi connectivity index (χ1v) is 7.58. The van der Waals surface area contributed by atoms with Gasteiger partial charge in [0.05, 0.1) is 6.61 Å². The Balaban J connectivity index is 1.99. The number of esters is 1. The molecule has 0 N–H and O–H groups in total. The Morgan fingerprint density at radius 1 is 1.09 bits per heavy atom. The van der Waals surface area contributed by atoms with Gasteiger partial charge in [0.2, 0.25) is 0 Å². The van der Waals surface area contributed by atoms with Crippen LogP contribution in [-0.4, -0.2) is 18.4 Å². The van der Waals surface area contributed by atoms with E-state index in [-0.39, 0.29) is 5.78 Å². The fourth-order valence-electron chi connectivity index (χ4n) is 2.97. The zero-order valence-electron chi connectivity index (χ0n) is 12.5. The van der Waals surface area contributed by atoms with Gasteiger partial charge in [-0.1, -0.05) is 48.5 Å². The quantitative estimate of drug-likeness (QED) is 0.642. The molecule has 22 heavy (non-hydrogen) atoms. The Hall–Kier alpha value is -2.42. The van der Waals surface area contributed by atoms with Gasteiger partial charge in [-0.3, -0.25) is 9.59 Å². The molecule has 112 valence electrons. The SMILES string of the molecule is CCOC(=O)C1C(=O)CCc2cc(-c3ccccc3)ccc21. The Morgan fingerprint density at radius 3 is 2.59 bits per heavy atom. The fourth-order valence-corrected chi connectivity index (χ4v) is 2.97. The summed E-state index contributed by atoms with van der Waals surface area (Å²) < 4.78 is 5.06. The number of Topliss-reactive ketones (excluding diaryl/α,β-unsaturated/α-hetero) is 1. The molecule has 2 aromatic carbocycles. The lowest BCUT2D eigenvalue weighted by molar-refractivity contribution is -0.148. The maximum Gasteiger partial charge on any atom is 0.321 e. The average molecular weight is 294 g/mol. The van der Waals surface area contributed by atoms with Crippen molar-refractivity contribution in [3.05, 3.63) is 59.7 Å². The van der Waals surface area contributed by atoms with Crippen molar-refractivity contribution in [1.82, 2.24) is 0 Å². The van der Waals surface area contributed by atoms with Crippen molar-refractivity contribution in [2.75, 3.05) is 6.61 Å². The topological polar surface area (TPSA) is 43.4 Å². The molecule has 0 heterocycles. The molecule has 0 bridgehead atoms. The van der Waals surface area contributed by atoms with Crippen molar-refractivity contribution in [3.8, 4) is 11.1 Å². The van der Waals surface area contributed by atoms with E-state index in [4.69, 9.17) is 4.74 Å². The van der Waals surface area contributed by atoms with Crippen LogP contribution in [0.1, 0.15) is 30.4 Å². The van der Waals surface area contributed by atoms with Crippen molar-refractivity contribution in [2.24, 2.45) is 0 Å². The normalized spacial score (nSPS) is 17.0. The van der Waals surface area contributed by atoms with E-state index in [0.29, 0.717) is 19.4 Å². The highest BCUT2D eigenvalue weighted by atomic mass is 16.5. The van der Waals surface area contributed by atoms with Gasteiger partial charge in [-0.05, 0) is 35.6 Å². The molecule has 1 unspecified atom stereocenters. The summed E-state index contributed by atoms with van der Waals surface area (Å²) in [5, 5.41) is 0. The van der Waals surface area contributed by atoms with E-state index in [1.165, 1.54) is 0 Å². The Labute approximate surface area is 129 Å². The zero-order chi connectivity index (χ0) is 15.5. The predicted octanol–water partition coefficient (Wildman–Crippen LogP) is 3.52. The molecule has 3 heteroatoms. The Bertz CT molecular complexity index is 704. The van der Waals surface area contributed by atoms with Gasteiger partial charge < -0.3 is 4.74 Å². The summed E-state index contributed by atoms with van der Waals surface area (Å²) in [6.45, 7) is 2.05. The van der Waals surface area contributed by atoms with Crippen LogP contribution in [0.3, 0.4) is 0 Å². The average Bonchev–Trinajstić information content (AvgIpc) is 2.55. The van der Waals surface area contributed by atoms with Gasteiger partial charge in [-0.2, -0.15) is 0 Å². The van der Waals surface area contributed by atoms with Crippen LogP contribution in [0.2, 0.25) is 0 Å². The number of aryl methyl sites for hydroxylation is 1. The molecule has 0 saturated carbocycles. The first-order valence-electron chi connectivity index (χ1n) is 7.58. The van der Waals surface area contributed by atoms with Crippen molar-refractivity contribution < 1.29 is 14.3 Å². The first-order chi connectivity index (χ1) is 10.7. The third kappa shape index (κ3) is 2.67. The molecule has 1 aliphatic carbocycles. The van der Waals surface area contributed by atoms with Gasteiger partial charge in [0.15, 0.2) is 5.78 Å². The lowest BCUT2D eigenvalue weighted by Crippen LogP contribution is -2.29. The monoisotopic (exact) mass is 294 g/mol. The number of rotatable bonds is 3. The standard InChI is InChI=1S/C19H18O3/c1-2-22-19(21)18-16-10-8-14(13-6-4-3-5-7-13)12-15(16)9-11-17(18)20/h3-8,10,12,18H,2,9,11H2,1H3. The summed E-state index contributed by atoms with van der Waals surface area (Å²) in [6, 6.07) is 16.0. The number of ether oxygens (including phenoxy) is 1. The summed E-state index contributed by atoms with van der Waals surface area (Å²) in [6.07, 6.45) is 1.08. The number of benzene rings is 2. The van der Waals surface area contributed by atoms with Gasteiger partial charge >= 0.3 is 5.97 Å². The molecule has 3 nitrogen and oxygen atoms in total. The summed E-state index contributed by atoms with van der Waals surface area (Å²) in [7, 11) is 0. The highest BCUT2D eigenvalue weighted by Crippen LogP contribution is 2.33. The second-order valence-electron chi connectivity index (χ2n) is 5.43. The van der Waals surface area contributed by atoms with Gasteiger partial charge in [-0.25, -0.2) is 0 Å². The van der Waals surface area contributed by atoms with Crippen molar-refractivity contribution in [3.63, 3.8) is 0 Å². The second kappa shape index (κ2) is 6.14. The van der Waals surface area contributed by atoms with Gasteiger partial charge in [0.25, 0.3) is 0 Å². The molecular weight excluding hydrogens is 276 g/mol. The molecule has 0 radical (unpaired) electrons. The molecule has 0 fully saturated rings. The fraction of sp³-hybridized carbons (Fsp3) is 0.263. The molecular formula is C19H18O3. The maximum atomic E-state index is 12.1. The van der Waals surface area contributed by atoms with Crippen LogP contribution < -0.4 is 0 Å². The molecule has 0 saturated heterocycles. The van der Waals surface area contributed by atoms with E-state index >= 15 is 0 Å². The van der Waals surface area contributed by atoms with Crippen LogP contribution in [-0.2, 0) is 20.7 Å². The minimum absolute atomic E-state index is 0.0431. The van der Waals surface area contributed by atoms with Crippen molar-refractivity contribution in [1.29, 1.82) is 0 Å². The van der Waals surface area contributed by atoms with E-state index in [1.54, 1.807) is 6.92 Å². The molecule has 0 aliphatic heterocycles. The van der Waals surface area contributed by atoms with E-state index < -0.39 is 11.9 Å². The van der Waals surface area contributed by atoms with E-state index in [0.717, 1.165) is 22.3 Å². The molecule has 1 atom stereocenters. The smallest absolute Gasteiger partial charge is 0.321 e. The van der Waals surface area contributed by atoms with E-state index in [2.05, 4.69) is 18.2 Å². The molecule has 2 aromatic rings. The van der Waals surface area contributed by atoms with Gasteiger partial charge in [0, 0.05) is 6.42 Å². The van der Waals surface area contributed by atoms with E-state index in [1.807, 2.05) is 30.3 Å². The molecule has 0 aromatic heterocycles. The summed E-state index contributed by atoms with van der Waals surface area (Å²) in [4.78, 5) is 24.2. The van der Waals surface area contributed by atoms with E-state index in [9.17, 15) is 9.59 Å². The minimum Gasteiger partial charge on any atom is -0.465 e. The third-order valence-electron chi connectivity index (χ3n) is 4.05. The van der Waals surface area contributed by atoms with Crippen LogP contribution in [0.5, 0.6) is 0 Å². The van der Waals surface area contributed by atoms with Crippen molar-refractivity contribution in [2.45, 2.75) is 25.7 Å². The van der Waals surface area contributed by atoms with Crippen LogP contribution >= 0.6 is 0 Å². The van der Waals surface area contributed by atoms with Crippen LogP contribution in [0.25, 0.3) is 11.1 Å². The van der Waals surface area contributed by atoms with Crippen molar-refractivity contribution >= 4 is 11.8 Å². The molecule has 3 rings (SSSR count). The number of hydrogen-bond donors (Lipinski definition) is 0. The number of carbonyl (C=O) groups is 2. The molecule has 1 aliphatic rings. The minimum atomic E-state index is -0.756. The third-order valence-corrected chi connectivity index (χ3v) is 4.05. The predicted molar refractivity (Wildman–Crippen MR) is 84.6 cm³/mol. The Morgan fingerprint density at radius 2 is 1.86 bits per heavy atom. The number of hydrogen-bond acceptors (Lipinski definition) is 3. The summed E-state index contributed by atoms with van der Waals surface area (Å²) in [5.74, 6) is -1.23. The highest BCUT2D eigenvalue weighted by Gasteiger charge is 2.34. The van der Waals surface area contributed by atoms with Crippen LogP contribution in [0.4, 0.5) is 0 Å². The zero-order valence-corrected chi connectivity index (χ0v) is 12.5. The number of ketones is 1. The Kier molecular flexibility index (Phi) is 4.05. The van der Waals surface area contributed by atoms with Crippen LogP contribution in [0.15, 0.2) is 48.5 Å². The highest BCUT2D eigenvalue weighted by molar-refractivity contribution is 6.06. The van der Waals surface area contributed by atoms with Gasteiger partial charge in [-0.15, -0.1) is 0 Å². The summed E-state index contributed by atoms with van der Waals surface area (Å²) >= 11 is 0. The molecule has 0 amide bonds. The lowest BCUT2D eigenvalue weighted by Gasteiger charge is -2.23. The first kappa shape index (κ1) is 14.5. The molecule has 0 spiro atoms. The lowest BCUT2D eigenvalue weighted by atomic mass is 9.80. The number of fused-ring (bicyclic) bond motifs is 1. The maximum absolute atomic E-state index is 12.1. The number of carbonyl (C=O) groups excluding carboxylic acids is 2. The largest absolute Gasteiger partial charge is 0.465 e. The van der Waals surface area contributed by atoms with Crippen LogP contribution in [0, 0.1) is 0 Å². The second-order valence-corrected chi connectivity index (χ2v) is 5.43.